The van der Waals surface area contributed by atoms with Gasteiger partial charge in [-0.1, -0.05) is 24.3 Å². The second kappa shape index (κ2) is 9.12. The Hall–Kier alpha value is -3.19. The van der Waals surface area contributed by atoms with Crippen molar-refractivity contribution in [3.8, 4) is 5.69 Å². The molecule has 7 heteroatoms. The highest BCUT2D eigenvalue weighted by Crippen LogP contribution is 2.43. The molecule has 166 valence electrons. The fourth-order valence-corrected chi connectivity index (χ4v) is 4.95. The number of benzene rings is 1. The van der Waals surface area contributed by atoms with E-state index in [1.54, 1.807) is 6.20 Å². The molecule has 1 fully saturated rings. The Balaban J connectivity index is 1.86. The van der Waals surface area contributed by atoms with Crippen LogP contribution in [0.2, 0.25) is 0 Å². The number of esters is 1. The predicted octanol–water partition coefficient (Wildman–Crippen LogP) is 4.33. The normalized spacial score (nSPS) is 18.0. The Kier molecular flexibility index (Phi) is 6.28. The van der Waals surface area contributed by atoms with Gasteiger partial charge in [0.05, 0.1) is 24.4 Å². The summed E-state index contributed by atoms with van der Waals surface area (Å²) >= 11 is 5.69. The molecule has 1 aliphatic heterocycles. The maximum atomic E-state index is 12.5. The van der Waals surface area contributed by atoms with Crippen LogP contribution in [0.5, 0.6) is 0 Å². The molecule has 3 aromatic rings. The summed E-state index contributed by atoms with van der Waals surface area (Å²) in [6.45, 7) is 8.62. The van der Waals surface area contributed by atoms with Crippen molar-refractivity contribution in [2.75, 3.05) is 13.2 Å². The van der Waals surface area contributed by atoms with Crippen LogP contribution in [0.25, 0.3) is 5.69 Å². The monoisotopic (exact) mass is 448 g/mol. The molecule has 3 heterocycles. The molecule has 1 aromatic carbocycles. The van der Waals surface area contributed by atoms with Crippen LogP contribution in [0.15, 0.2) is 54.7 Å². The van der Waals surface area contributed by atoms with E-state index in [0.29, 0.717) is 11.7 Å². The van der Waals surface area contributed by atoms with Crippen molar-refractivity contribution in [2.24, 2.45) is 0 Å². The van der Waals surface area contributed by atoms with E-state index in [0.717, 1.165) is 28.3 Å². The number of nitrogens with zero attached hydrogens (tertiary/aromatic N) is 3. The third kappa shape index (κ3) is 3.88. The molecule has 4 rings (SSSR count). The summed E-state index contributed by atoms with van der Waals surface area (Å²) in [5, 5.41) is 3.95. The predicted molar refractivity (Wildman–Crippen MR) is 129 cm³/mol. The zero-order valence-corrected chi connectivity index (χ0v) is 19.6. The molecular formula is C25H28N4O2S. The molecule has 1 N–H and O–H groups in total. The molecule has 0 amide bonds. The van der Waals surface area contributed by atoms with Gasteiger partial charge in [-0.25, -0.2) is 0 Å². The maximum Gasteiger partial charge on any atom is 0.325 e. The fourth-order valence-electron chi connectivity index (χ4n) is 4.64. The van der Waals surface area contributed by atoms with Crippen molar-refractivity contribution in [2.45, 2.75) is 39.8 Å². The van der Waals surface area contributed by atoms with Crippen molar-refractivity contribution in [3.63, 3.8) is 0 Å². The van der Waals surface area contributed by atoms with Crippen LogP contribution >= 0.6 is 12.2 Å². The van der Waals surface area contributed by atoms with Crippen LogP contribution in [0.4, 0.5) is 0 Å². The van der Waals surface area contributed by atoms with Crippen LogP contribution in [-0.4, -0.2) is 38.7 Å². The molecule has 0 aliphatic carbocycles. The lowest BCUT2D eigenvalue weighted by Crippen LogP contribution is -2.35. The second-order valence-electron chi connectivity index (χ2n) is 7.94. The van der Waals surface area contributed by atoms with Gasteiger partial charge < -0.3 is 19.5 Å². The minimum absolute atomic E-state index is 0.0854. The van der Waals surface area contributed by atoms with Gasteiger partial charge in [0.1, 0.15) is 6.54 Å². The van der Waals surface area contributed by atoms with Gasteiger partial charge in [0, 0.05) is 28.8 Å². The van der Waals surface area contributed by atoms with Gasteiger partial charge in [-0.05, 0) is 69.7 Å². The molecule has 2 aromatic heterocycles. The number of para-hydroxylation sites is 1. The van der Waals surface area contributed by atoms with Crippen LogP contribution in [0.3, 0.4) is 0 Å². The molecule has 0 unspecified atom stereocenters. The van der Waals surface area contributed by atoms with E-state index in [9.17, 15) is 4.79 Å². The van der Waals surface area contributed by atoms with Crippen molar-refractivity contribution in [1.29, 1.82) is 0 Å². The van der Waals surface area contributed by atoms with E-state index in [1.807, 2.05) is 48.2 Å². The molecule has 32 heavy (non-hydrogen) atoms. The number of carbonyl (C=O) groups is 1. The minimum Gasteiger partial charge on any atom is -0.465 e. The molecule has 0 spiro atoms. The number of rotatable bonds is 6. The first-order valence-corrected chi connectivity index (χ1v) is 11.2. The Labute approximate surface area is 194 Å². The number of thiocarbonyl (C=S) groups is 1. The Morgan fingerprint density at radius 3 is 2.47 bits per heavy atom. The molecule has 1 aliphatic rings. The lowest BCUT2D eigenvalue weighted by atomic mass is 9.93. The molecule has 2 atom stereocenters. The zero-order valence-electron chi connectivity index (χ0n) is 18.8. The maximum absolute atomic E-state index is 12.5. The van der Waals surface area contributed by atoms with E-state index in [4.69, 9.17) is 17.0 Å². The molecule has 0 saturated carbocycles. The summed E-state index contributed by atoms with van der Waals surface area (Å²) in [6.07, 6.45) is 1.78. The highest BCUT2D eigenvalue weighted by Gasteiger charge is 2.43. The summed E-state index contributed by atoms with van der Waals surface area (Å²) in [5.41, 5.74) is 6.61. The SMILES string of the molecule is CCOC(=O)CN1C(=S)N[C@H](c2ccccn2)[C@H]1c1c(C)c(C)n(-c2ccccc2)c1C. The first-order chi connectivity index (χ1) is 15.4. The number of aromatic nitrogens is 2. The van der Waals surface area contributed by atoms with Gasteiger partial charge in [-0.2, -0.15) is 0 Å². The summed E-state index contributed by atoms with van der Waals surface area (Å²) in [5.74, 6) is -0.294. The quantitative estimate of drug-likeness (QED) is 0.447. The van der Waals surface area contributed by atoms with Gasteiger partial charge in [0.15, 0.2) is 5.11 Å². The molecule has 6 nitrogen and oxygen atoms in total. The summed E-state index contributed by atoms with van der Waals surface area (Å²) in [6, 6.07) is 15.8. The molecular weight excluding hydrogens is 420 g/mol. The number of carbonyl (C=O) groups excluding carboxylic acids is 1. The fraction of sp³-hybridized carbons (Fsp3) is 0.320. The number of hydrogen-bond acceptors (Lipinski definition) is 4. The van der Waals surface area contributed by atoms with Crippen LogP contribution < -0.4 is 5.32 Å². The van der Waals surface area contributed by atoms with Gasteiger partial charge in [-0.3, -0.25) is 9.78 Å². The topological polar surface area (TPSA) is 59.4 Å². The average Bonchev–Trinajstić information content (AvgIpc) is 3.22. The van der Waals surface area contributed by atoms with E-state index in [-0.39, 0.29) is 24.6 Å². The van der Waals surface area contributed by atoms with Gasteiger partial charge in [0.2, 0.25) is 0 Å². The highest BCUT2D eigenvalue weighted by molar-refractivity contribution is 7.80. The summed E-state index contributed by atoms with van der Waals surface area (Å²) < 4.78 is 7.52. The third-order valence-corrected chi connectivity index (χ3v) is 6.47. The number of pyridine rings is 1. The average molecular weight is 449 g/mol. The van der Waals surface area contributed by atoms with E-state index in [1.165, 1.54) is 5.56 Å². The van der Waals surface area contributed by atoms with Crippen LogP contribution in [-0.2, 0) is 9.53 Å². The molecule has 1 saturated heterocycles. The van der Waals surface area contributed by atoms with E-state index < -0.39 is 0 Å². The standard InChI is InChI=1S/C25H28N4O2S/c1-5-31-21(30)15-28-24(23(27-25(28)32)20-13-9-10-14-26-20)22-16(2)17(3)29(18(22)4)19-11-7-6-8-12-19/h6-14,23-24H,5,15H2,1-4H3,(H,27,32)/t23-,24-/m1/s1. The number of hydrogen-bond donors (Lipinski definition) is 1. The van der Waals surface area contributed by atoms with Crippen LogP contribution in [0, 0.1) is 20.8 Å². The lowest BCUT2D eigenvalue weighted by Gasteiger charge is -2.28. The van der Waals surface area contributed by atoms with Gasteiger partial charge >= 0.3 is 5.97 Å². The molecule has 0 radical (unpaired) electrons. The van der Waals surface area contributed by atoms with E-state index >= 15 is 0 Å². The minimum atomic E-state index is -0.294. The Bertz CT molecular complexity index is 1130. The number of nitrogens with one attached hydrogen (secondary N) is 1. The lowest BCUT2D eigenvalue weighted by molar-refractivity contribution is -0.143. The summed E-state index contributed by atoms with van der Waals surface area (Å²) in [7, 11) is 0. The van der Waals surface area contributed by atoms with Crippen molar-refractivity contribution >= 4 is 23.3 Å². The van der Waals surface area contributed by atoms with Crippen molar-refractivity contribution < 1.29 is 9.53 Å². The molecule has 0 bridgehead atoms. The van der Waals surface area contributed by atoms with Gasteiger partial charge in [0.25, 0.3) is 0 Å². The zero-order chi connectivity index (χ0) is 22.8. The third-order valence-electron chi connectivity index (χ3n) is 6.12. The van der Waals surface area contributed by atoms with Crippen LogP contribution in [0.1, 0.15) is 47.2 Å². The second-order valence-corrected chi connectivity index (χ2v) is 8.33. The first kappa shape index (κ1) is 22.0. The van der Waals surface area contributed by atoms with Gasteiger partial charge in [-0.15, -0.1) is 0 Å². The smallest absolute Gasteiger partial charge is 0.325 e. The largest absolute Gasteiger partial charge is 0.465 e. The van der Waals surface area contributed by atoms with Crippen molar-refractivity contribution in [3.05, 3.63) is 82.9 Å². The summed E-state index contributed by atoms with van der Waals surface area (Å²) in [4.78, 5) is 19.0. The Morgan fingerprint density at radius 2 is 1.81 bits per heavy atom. The Morgan fingerprint density at radius 1 is 1.09 bits per heavy atom. The van der Waals surface area contributed by atoms with E-state index in [2.05, 4.69) is 47.8 Å². The van der Waals surface area contributed by atoms with Crippen molar-refractivity contribution in [1.82, 2.24) is 19.8 Å². The number of ether oxygens (including phenoxy) is 1. The first-order valence-electron chi connectivity index (χ1n) is 10.8. The highest BCUT2D eigenvalue weighted by atomic mass is 32.1.